The lowest BCUT2D eigenvalue weighted by atomic mass is 10.1. The minimum atomic E-state index is 0. The topological polar surface area (TPSA) is 21.3 Å². The maximum Gasteiger partial charge on any atom is 0.0599 e. The molecule has 1 aliphatic rings. The summed E-state index contributed by atoms with van der Waals surface area (Å²) < 4.78 is 5.75. The molecule has 0 amide bonds. The van der Waals surface area contributed by atoms with Gasteiger partial charge in [0.15, 0.2) is 0 Å². The number of hydrogen-bond acceptors (Lipinski definition) is 2. The molecule has 80 valence electrons. The van der Waals surface area contributed by atoms with E-state index in [4.69, 9.17) is 4.74 Å². The van der Waals surface area contributed by atoms with E-state index in [1.165, 1.54) is 19.3 Å². The zero-order chi connectivity index (χ0) is 8.81. The van der Waals surface area contributed by atoms with E-state index in [2.05, 4.69) is 19.2 Å². The lowest BCUT2D eigenvalue weighted by molar-refractivity contribution is 0.0273. The van der Waals surface area contributed by atoms with Gasteiger partial charge in [0.25, 0.3) is 0 Å². The summed E-state index contributed by atoms with van der Waals surface area (Å²) in [6, 6.07) is 0. The van der Waals surface area contributed by atoms with Gasteiger partial charge in [-0.05, 0) is 38.3 Å². The van der Waals surface area contributed by atoms with Crippen LogP contribution in [-0.4, -0.2) is 25.8 Å². The van der Waals surface area contributed by atoms with Gasteiger partial charge in [-0.3, -0.25) is 0 Å². The first kappa shape index (κ1) is 13.2. The lowest BCUT2D eigenvalue weighted by Crippen LogP contribution is -2.32. The van der Waals surface area contributed by atoms with Crippen molar-refractivity contribution in [3.05, 3.63) is 0 Å². The normalized spacial score (nSPS) is 18.7. The Hall–Kier alpha value is 0.210. The summed E-state index contributed by atoms with van der Waals surface area (Å²) in [5, 5.41) is 3.33. The molecule has 0 unspecified atom stereocenters. The van der Waals surface area contributed by atoms with E-state index in [0.717, 1.165) is 25.6 Å². The van der Waals surface area contributed by atoms with Gasteiger partial charge in [-0.1, -0.05) is 13.8 Å². The van der Waals surface area contributed by atoms with Gasteiger partial charge >= 0.3 is 0 Å². The summed E-state index contributed by atoms with van der Waals surface area (Å²) in [4.78, 5) is 0. The number of ether oxygens (including phenoxy) is 1. The standard InChI is InChI=1S/C10H21NO.ClH/c1-9(2)5-8-12-10-3-6-11-7-4-10;/h9-11H,3-8H2,1-2H3;1H. The molecule has 0 atom stereocenters. The van der Waals surface area contributed by atoms with Crippen LogP contribution in [-0.2, 0) is 4.74 Å². The predicted octanol–water partition coefficient (Wildman–Crippen LogP) is 2.22. The zero-order valence-corrected chi connectivity index (χ0v) is 9.53. The van der Waals surface area contributed by atoms with E-state index in [-0.39, 0.29) is 12.4 Å². The molecule has 2 nitrogen and oxygen atoms in total. The van der Waals surface area contributed by atoms with Crippen molar-refractivity contribution >= 4 is 12.4 Å². The Morgan fingerprint density at radius 2 is 1.92 bits per heavy atom. The van der Waals surface area contributed by atoms with E-state index in [0.29, 0.717) is 6.10 Å². The zero-order valence-electron chi connectivity index (χ0n) is 8.71. The number of halogens is 1. The van der Waals surface area contributed by atoms with E-state index >= 15 is 0 Å². The van der Waals surface area contributed by atoms with Crippen LogP contribution in [0.3, 0.4) is 0 Å². The molecule has 0 bridgehead atoms. The Labute approximate surface area is 87.8 Å². The molecule has 13 heavy (non-hydrogen) atoms. The number of piperidine rings is 1. The minimum absolute atomic E-state index is 0. The molecule has 1 fully saturated rings. The summed E-state index contributed by atoms with van der Waals surface area (Å²) in [5.41, 5.74) is 0. The molecule has 0 spiro atoms. The van der Waals surface area contributed by atoms with Gasteiger partial charge in [0.2, 0.25) is 0 Å². The van der Waals surface area contributed by atoms with Crippen molar-refractivity contribution in [1.82, 2.24) is 5.32 Å². The van der Waals surface area contributed by atoms with Crippen LogP contribution in [0.1, 0.15) is 33.1 Å². The van der Waals surface area contributed by atoms with E-state index in [9.17, 15) is 0 Å². The van der Waals surface area contributed by atoms with Crippen molar-refractivity contribution < 1.29 is 4.74 Å². The second-order valence-electron chi connectivity index (χ2n) is 4.00. The minimum Gasteiger partial charge on any atom is -0.378 e. The fourth-order valence-corrected chi connectivity index (χ4v) is 1.43. The Balaban J connectivity index is 0.00000144. The first-order valence-corrected chi connectivity index (χ1v) is 5.11. The van der Waals surface area contributed by atoms with E-state index in [1.54, 1.807) is 0 Å². The number of hydrogen-bond donors (Lipinski definition) is 1. The summed E-state index contributed by atoms with van der Waals surface area (Å²) in [5.74, 6) is 0.770. The van der Waals surface area contributed by atoms with Gasteiger partial charge in [0, 0.05) is 6.61 Å². The molecule has 1 heterocycles. The van der Waals surface area contributed by atoms with Crippen molar-refractivity contribution in [3.8, 4) is 0 Å². The van der Waals surface area contributed by atoms with Gasteiger partial charge in [-0.2, -0.15) is 0 Å². The molecular weight excluding hydrogens is 186 g/mol. The second-order valence-corrected chi connectivity index (χ2v) is 4.00. The Kier molecular flexibility index (Phi) is 7.72. The van der Waals surface area contributed by atoms with Crippen LogP contribution in [0, 0.1) is 5.92 Å². The van der Waals surface area contributed by atoms with Crippen LogP contribution >= 0.6 is 12.4 Å². The molecule has 0 saturated carbocycles. The van der Waals surface area contributed by atoms with Gasteiger partial charge < -0.3 is 10.1 Å². The third-order valence-electron chi connectivity index (χ3n) is 2.33. The highest BCUT2D eigenvalue weighted by Gasteiger charge is 2.12. The molecule has 0 radical (unpaired) electrons. The average Bonchev–Trinajstić information content (AvgIpc) is 2.05. The Morgan fingerprint density at radius 3 is 2.46 bits per heavy atom. The molecule has 0 aliphatic carbocycles. The summed E-state index contributed by atoms with van der Waals surface area (Å²) in [6.07, 6.45) is 4.12. The van der Waals surface area contributed by atoms with Crippen LogP contribution in [0.5, 0.6) is 0 Å². The average molecular weight is 208 g/mol. The first-order chi connectivity index (χ1) is 5.79. The third kappa shape index (κ3) is 6.30. The quantitative estimate of drug-likeness (QED) is 0.764. The highest BCUT2D eigenvalue weighted by molar-refractivity contribution is 5.85. The predicted molar refractivity (Wildman–Crippen MR) is 58.5 cm³/mol. The van der Waals surface area contributed by atoms with Gasteiger partial charge in [-0.15, -0.1) is 12.4 Å². The third-order valence-corrected chi connectivity index (χ3v) is 2.33. The van der Waals surface area contributed by atoms with Crippen LogP contribution in [0.2, 0.25) is 0 Å². The highest BCUT2D eigenvalue weighted by atomic mass is 35.5. The summed E-state index contributed by atoms with van der Waals surface area (Å²) in [6.45, 7) is 7.69. The molecular formula is C10H22ClNO. The maximum atomic E-state index is 5.75. The fourth-order valence-electron chi connectivity index (χ4n) is 1.43. The van der Waals surface area contributed by atoms with Crippen LogP contribution in [0.4, 0.5) is 0 Å². The smallest absolute Gasteiger partial charge is 0.0599 e. The molecule has 3 heteroatoms. The second kappa shape index (κ2) is 7.60. The monoisotopic (exact) mass is 207 g/mol. The van der Waals surface area contributed by atoms with Gasteiger partial charge in [-0.25, -0.2) is 0 Å². The molecule has 1 saturated heterocycles. The van der Waals surface area contributed by atoms with Crippen molar-refractivity contribution in [3.63, 3.8) is 0 Å². The maximum absolute atomic E-state index is 5.75. The van der Waals surface area contributed by atoms with Crippen LogP contribution in [0.25, 0.3) is 0 Å². The molecule has 1 aliphatic heterocycles. The Bertz CT molecular complexity index is 113. The molecule has 0 aromatic rings. The number of rotatable bonds is 4. The molecule has 1 rings (SSSR count). The molecule has 0 aromatic heterocycles. The number of nitrogens with one attached hydrogen (secondary N) is 1. The van der Waals surface area contributed by atoms with Crippen molar-refractivity contribution in [2.75, 3.05) is 19.7 Å². The van der Waals surface area contributed by atoms with E-state index in [1.807, 2.05) is 0 Å². The van der Waals surface area contributed by atoms with Gasteiger partial charge in [0.1, 0.15) is 0 Å². The van der Waals surface area contributed by atoms with Crippen molar-refractivity contribution in [1.29, 1.82) is 0 Å². The van der Waals surface area contributed by atoms with Gasteiger partial charge in [0.05, 0.1) is 6.10 Å². The summed E-state index contributed by atoms with van der Waals surface area (Å²) >= 11 is 0. The molecule has 1 N–H and O–H groups in total. The lowest BCUT2D eigenvalue weighted by Gasteiger charge is -2.23. The van der Waals surface area contributed by atoms with Crippen molar-refractivity contribution in [2.45, 2.75) is 39.2 Å². The van der Waals surface area contributed by atoms with Crippen LogP contribution < -0.4 is 5.32 Å². The van der Waals surface area contributed by atoms with Crippen LogP contribution in [0.15, 0.2) is 0 Å². The SMILES string of the molecule is CC(C)CCOC1CCNCC1.Cl. The first-order valence-electron chi connectivity index (χ1n) is 5.11. The fraction of sp³-hybridized carbons (Fsp3) is 1.00. The van der Waals surface area contributed by atoms with E-state index < -0.39 is 0 Å². The molecule has 0 aromatic carbocycles. The highest BCUT2D eigenvalue weighted by Crippen LogP contribution is 2.09. The summed E-state index contributed by atoms with van der Waals surface area (Å²) in [7, 11) is 0. The Morgan fingerprint density at radius 1 is 1.31 bits per heavy atom. The van der Waals surface area contributed by atoms with Crippen molar-refractivity contribution in [2.24, 2.45) is 5.92 Å². The largest absolute Gasteiger partial charge is 0.378 e.